The molecule has 1 saturated heterocycles. The zero-order valence-electron chi connectivity index (χ0n) is 13.3. The molecule has 3 rings (SSSR count). The summed E-state index contributed by atoms with van der Waals surface area (Å²) < 4.78 is 41.5. The molecule has 4 nitrogen and oxygen atoms in total. The number of hydrogen-bond acceptors (Lipinski definition) is 3. The minimum absolute atomic E-state index is 0.129. The van der Waals surface area contributed by atoms with Gasteiger partial charge in [-0.2, -0.15) is 4.31 Å². The predicted octanol–water partition coefficient (Wildman–Crippen LogP) is 3.75. The van der Waals surface area contributed by atoms with Crippen molar-refractivity contribution in [1.29, 1.82) is 0 Å². The highest BCUT2D eigenvalue weighted by Gasteiger charge is 2.30. The van der Waals surface area contributed by atoms with Crippen LogP contribution in [-0.2, 0) is 16.6 Å². The molecule has 1 heterocycles. The van der Waals surface area contributed by atoms with E-state index >= 15 is 0 Å². The van der Waals surface area contributed by atoms with Crippen molar-refractivity contribution in [3.8, 4) is 0 Å². The molecule has 0 unspecified atom stereocenters. The zero-order chi connectivity index (χ0) is 18.0. The van der Waals surface area contributed by atoms with Gasteiger partial charge in [-0.25, -0.2) is 12.8 Å². The first-order chi connectivity index (χ1) is 11.9. The molecule has 1 aliphatic rings. The van der Waals surface area contributed by atoms with Gasteiger partial charge >= 0.3 is 0 Å². The van der Waals surface area contributed by atoms with Crippen LogP contribution in [0.2, 0.25) is 5.02 Å². The van der Waals surface area contributed by atoms with Crippen LogP contribution in [0.5, 0.6) is 0 Å². The van der Waals surface area contributed by atoms with Gasteiger partial charge in [-0.1, -0.05) is 45.7 Å². The van der Waals surface area contributed by atoms with Crippen LogP contribution in [0.25, 0.3) is 0 Å². The third kappa shape index (κ3) is 4.23. The number of benzene rings is 2. The highest BCUT2D eigenvalue weighted by Crippen LogP contribution is 2.25. The zero-order valence-corrected chi connectivity index (χ0v) is 16.5. The monoisotopic (exact) mass is 446 g/mol. The second kappa shape index (κ2) is 7.72. The quantitative estimate of drug-likeness (QED) is 0.717. The molecule has 0 amide bonds. The first-order valence-corrected chi connectivity index (χ1v) is 10.4. The summed E-state index contributed by atoms with van der Waals surface area (Å²) in [6.07, 6.45) is 0. The maximum absolute atomic E-state index is 14.0. The second-order valence-electron chi connectivity index (χ2n) is 5.85. The summed E-state index contributed by atoms with van der Waals surface area (Å²) in [5, 5.41) is 0.224. The van der Waals surface area contributed by atoms with Crippen LogP contribution < -0.4 is 0 Å². The summed E-state index contributed by atoms with van der Waals surface area (Å²) in [5.74, 6) is -0.263. The van der Waals surface area contributed by atoms with Crippen LogP contribution in [0.15, 0.2) is 51.8 Å². The minimum Gasteiger partial charge on any atom is -0.296 e. The van der Waals surface area contributed by atoms with Crippen molar-refractivity contribution in [2.24, 2.45) is 0 Å². The van der Waals surface area contributed by atoms with Gasteiger partial charge in [0, 0.05) is 42.8 Å². The fourth-order valence-corrected chi connectivity index (χ4v) is 5.06. The topological polar surface area (TPSA) is 40.6 Å². The Balaban J connectivity index is 1.66. The number of hydrogen-bond donors (Lipinski definition) is 0. The second-order valence-corrected chi connectivity index (χ2v) is 9.08. The molecule has 0 N–H and O–H groups in total. The highest BCUT2D eigenvalue weighted by molar-refractivity contribution is 9.10. The SMILES string of the molecule is O=S(=O)(c1ccccc1Cl)N1CCN(Cc2ccc(Br)cc2F)CC1. The maximum atomic E-state index is 14.0. The van der Waals surface area contributed by atoms with Crippen molar-refractivity contribution < 1.29 is 12.8 Å². The van der Waals surface area contributed by atoms with E-state index in [9.17, 15) is 12.8 Å². The van der Waals surface area contributed by atoms with Gasteiger partial charge in [-0.15, -0.1) is 0 Å². The molecule has 8 heteroatoms. The number of halogens is 3. The lowest BCUT2D eigenvalue weighted by Gasteiger charge is -2.34. The molecule has 0 bridgehead atoms. The van der Waals surface area contributed by atoms with E-state index < -0.39 is 10.0 Å². The van der Waals surface area contributed by atoms with Crippen LogP contribution >= 0.6 is 27.5 Å². The summed E-state index contributed by atoms with van der Waals surface area (Å²) in [6, 6.07) is 11.4. The summed E-state index contributed by atoms with van der Waals surface area (Å²) in [6.45, 7) is 2.24. The molecule has 0 saturated carbocycles. The van der Waals surface area contributed by atoms with Crippen LogP contribution in [0.3, 0.4) is 0 Å². The van der Waals surface area contributed by atoms with Crippen molar-refractivity contribution in [2.75, 3.05) is 26.2 Å². The summed E-state index contributed by atoms with van der Waals surface area (Å²) >= 11 is 9.27. The van der Waals surface area contributed by atoms with Gasteiger partial charge in [-0.05, 0) is 24.3 Å². The predicted molar refractivity (Wildman–Crippen MR) is 99.6 cm³/mol. The standard InChI is InChI=1S/C17H17BrClFN2O2S/c18-14-6-5-13(16(20)11-14)12-21-7-9-22(10-8-21)25(23,24)17-4-2-1-3-15(17)19/h1-6,11H,7-10,12H2. The molecule has 0 radical (unpaired) electrons. The van der Waals surface area contributed by atoms with E-state index in [1.54, 1.807) is 30.3 Å². The summed E-state index contributed by atoms with van der Waals surface area (Å²) in [4.78, 5) is 2.18. The smallest absolute Gasteiger partial charge is 0.244 e. The molecule has 0 aromatic heterocycles. The van der Waals surface area contributed by atoms with E-state index in [-0.39, 0.29) is 15.7 Å². The molecule has 0 spiro atoms. The van der Waals surface area contributed by atoms with Crippen LogP contribution in [0, 0.1) is 5.82 Å². The molecule has 0 atom stereocenters. The third-order valence-electron chi connectivity index (χ3n) is 4.19. The Morgan fingerprint density at radius 1 is 1.08 bits per heavy atom. The summed E-state index contributed by atoms with van der Waals surface area (Å²) in [7, 11) is -3.61. The number of rotatable bonds is 4. The van der Waals surface area contributed by atoms with Gasteiger partial charge in [0.05, 0.1) is 5.02 Å². The van der Waals surface area contributed by atoms with Crippen LogP contribution in [0.1, 0.15) is 5.56 Å². The van der Waals surface area contributed by atoms with Crippen molar-refractivity contribution in [2.45, 2.75) is 11.4 Å². The first kappa shape index (κ1) is 18.8. The normalized spacial score (nSPS) is 16.9. The summed E-state index contributed by atoms with van der Waals surface area (Å²) in [5.41, 5.74) is 0.602. The Kier molecular flexibility index (Phi) is 5.80. The van der Waals surface area contributed by atoms with E-state index in [2.05, 4.69) is 15.9 Å². The maximum Gasteiger partial charge on any atom is 0.244 e. The molecule has 2 aromatic rings. The lowest BCUT2D eigenvalue weighted by Crippen LogP contribution is -2.48. The molecular weight excluding hydrogens is 431 g/mol. The minimum atomic E-state index is -3.61. The molecule has 1 fully saturated rings. The van der Waals surface area contributed by atoms with Gasteiger partial charge in [-0.3, -0.25) is 4.90 Å². The molecule has 134 valence electrons. The number of sulfonamides is 1. The van der Waals surface area contributed by atoms with E-state index in [1.807, 2.05) is 4.90 Å². The van der Waals surface area contributed by atoms with Gasteiger partial charge in [0.15, 0.2) is 0 Å². The lowest BCUT2D eigenvalue weighted by molar-refractivity contribution is 0.180. The van der Waals surface area contributed by atoms with Crippen molar-refractivity contribution in [3.05, 3.63) is 63.3 Å². The Bertz CT molecular complexity index is 871. The first-order valence-electron chi connectivity index (χ1n) is 7.79. The van der Waals surface area contributed by atoms with Crippen LogP contribution in [0.4, 0.5) is 4.39 Å². The van der Waals surface area contributed by atoms with Crippen molar-refractivity contribution in [3.63, 3.8) is 0 Å². The van der Waals surface area contributed by atoms with Gasteiger partial charge in [0.25, 0.3) is 0 Å². The fraction of sp³-hybridized carbons (Fsp3) is 0.294. The Labute approximate surface area is 160 Å². The lowest BCUT2D eigenvalue weighted by atomic mass is 10.2. The van der Waals surface area contributed by atoms with Gasteiger partial charge in [0.2, 0.25) is 10.0 Å². The molecule has 1 aliphatic heterocycles. The molecule has 25 heavy (non-hydrogen) atoms. The van der Waals surface area contributed by atoms with Crippen molar-refractivity contribution in [1.82, 2.24) is 9.21 Å². The van der Waals surface area contributed by atoms with Crippen molar-refractivity contribution >= 4 is 37.6 Å². The molecular formula is C17H17BrClFN2O2S. The van der Waals surface area contributed by atoms with Crippen LogP contribution in [-0.4, -0.2) is 43.8 Å². The average Bonchev–Trinajstić information content (AvgIpc) is 2.58. The number of nitrogens with zero attached hydrogens (tertiary/aromatic N) is 2. The van der Waals surface area contributed by atoms with Gasteiger partial charge in [0.1, 0.15) is 10.7 Å². The number of piperazine rings is 1. The van der Waals surface area contributed by atoms with E-state index in [1.165, 1.54) is 16.4 Å². The Hall–Kier alpha value is -0.990. The van der Waals surface area contributed by atoms with E-state index in [4.69, 9.17) is 11.6 Å². The Morgan fingerprint density at radius 2 is 1.76 bits per heavy atom. The third-order valence-corrected chi connectivity index (χ3v) is 7.09. The largest absolute Gasteiger partial charge is 0.296 e. The Morgan fingerprint density at radius 3 is 2.40 bits per heavy atom. The molecule has 0 aliphatic carbocycles. The van der Waals surface area contributed by atoms with E-state index in [0.717, 1.165) is 0 Å². The average molecular weight is 448 g/mol. The van der Waals surface area contributed by atoms with Gasteiger partial charge < -0.3 is 0 Å². The highest BCUT2D eigenvalue weighted by atomic mass is 79.9. The fourth-order valence-electron chi connectivity index (χ4n) is 2.81. The molecule has 2 aromatic carbocycles. The van der Waals surface area contributed by atoms with E-state index in [0.29, 0.717) is 42.8 Å².